The Kier molecular flexibility index (Phi) is 5.27. The summed E-state index contributed by atoms with van der Waals surface area (Å²) in [5.41, 5.74) is 1.56. The molecule has 0 spiro atoms. The number of piperidine rings is 1. The smallest absolute Gasteiger partial charge is 0.166 e. The molecule has 1 saturated heterocycles. The van der Waals surface area contributed by atoms with Crippen LogP contribution in [-0.4, -0.2) is 37.0 Å². The number of nitriles is 1. The first-order valence-electron chi connectivity index (χ1n) is 9.49. The van der Waals surface area contributed by atoms with Crippen molar-refractivity contribution in [3.05, 3.63) is 58.9 Å². The standard InChI is InChI=1S/C22H21FN2O3/c23-19-11-15(13-24)1-2-18(19)14-25-7-5-16(6-8-25)22(26)17-3-4-20-21(12-17)28-10-9-27-20/h1-4,11-12,16H,5-10,14H2. The number of rotatable bonds is 4. The Bertz CT molecular complexity index is 930. The molecule has 0 atom stereocenters. The molecular weight excluding hydrogens is 359 g/mol. The fraction of sp³-hybridized carbons (Fsp3) is 0.364. The SMILES string of the molecule is N#Cc1ccc(CN2CCC(C(=O)c3ccc4c(c3)OCCO4)CC2)c(F)c1. The van der Waals surface area contributed by atoms with Gasteiger partial charge in [-0.25, -0.2) is 4.39 Å². The molecule has 5 nitrogen and oxygen atoms in total. The van der Waals surface area contributed by atoms with Gasteiger partial charge in [0.2, 0.25) is 0 Å². The van der Waals surface area contributed by atoms with Gasteiger partial charge < -0.3 is 9.47 Å². The van der Waals surface area contributed by atoms with Crippen LogP contribution in [-0.2, 0) is 6.54 Å². The second-order valence-electron chi connectivity index (χ2n) is 7.19. The molecule has 0 N–H and O–H groups in total. The zero-order chi connectivity index (χ0) is 19.5. The normalized spacial score (nSPS) is 17.1. The van der Waals surface area contributed by atoms with Crippen LogP contribution in [0.25, 0.3) is 0 Å². The lowest BCUT2D eigenvalue weighted by Gasteiger charge is -2.31. The zero-order valence-electron chi connectivity index (χ0n) is 15.5. The van der Waals surface area contributed by atoms with E-state index in [0.29, 0.717) is 47.9 Å². The first-order chi connectivity index (χ1) is 13.6. The van der Waals surface area contributed by atoms with Crippen molar-refractivity contribution in [2.24, 2.45) is 5.92 Å². The van der Waals surface area contributed by atoms with Crippen LogP contribution in [0.1, 0.15) is 34.3 Å². The summed E-state index contributed by atoms with van der Waals surface area (Å²) < 4.78 is 25.2. The summed E-state index contributed by atoms with van der Waals surface area (Å²) in [6, 6.07) is 11.9. The lowest BCUT2D eigenvalue weighted by molar-refractivity contribution is 0.0832. The highest BCUT2D eigenvalue weighted by Crippen LogP contribution is 2.32. The molecule has 0 aromatic heterocycles. The van der Waals surface area contributed by atoms with E-state index in [9.17, 15) is 9.18 Å². The molecule has 4 rings (SSSR count). The van der Waals surface area contributed by atoms with Crippen LogP contribution in [0.3, 0.4) is 0 Å². The summed E-state index contributed by atoms with van der Waals surface area (Å²) in [7, 11) is 0. The number of hydrogen-bond acceptors (Lipinski definition) is 5. The third kappa shape index (κ3) is 3.85. The maximum absolute atomic E-state index is 14.1. The van der Waals surface area contributed by atoms with Crippen LogP contribution in [0.5, 0.6) is 11.5 Å². The van der Waals surface area contributed by atoms with Gasteiger partial charge in [0.1, 0.15) is 19.0 Å². The Morgan fingerprint density at radius 2 is 1.86 bits per heavy atom. The fourth-order valence-electron chi connectivity index (χ4n) is 3.77. The molecular formula is C22H21FN2O3. The van der Waals surface area contributed by atoms with Gasteiger partial charge in [-0.1, -0.05) is 6.07 Å². The number of carbonyl (C=O) groups is 1. The predicted molar refractivity (Wildman–Crippen MR) is 101 cm³/mol. The van der Waals surface area contributed by atoms with Gasteiger partial charge in [-0.2, -0.15) is 5.26 Å². The van der Waals surface area contributed by atoms with Crippen LogP contribution in [0.15, 0.2) is 36.4 Å². The van der Waals surface area contributed by atoms with Gasteiger partial charge in [-0.05, 0) is 56.3 Å². The number of nitrogens with zero attached hydrogens (tertiary/aromatic N) is 2. The number of carbonyl (C=O) groups excluding carboxylic acids is 1. The maximum atomic E-state index is 14.1. The Labute approximate surface area is 163 Å². The van der Waals surface area contributed by atoms with Crippen LogP contribution in [0.4, 0.5) is 4.39 Å². The zero-order valence-corrected chi connectivity index (χ0v) is 15.5. The van der Waals surface area contributed by atoms with Crippen molar-refractivity contribution in [1.29, 1.82) is 5.26 Å². The molecule has 0 bridgehead atoms. The van der Waals surface area contributed by atoms with E-state index in [1.54, 1.807) is 30.3 Å². The molecule has 1 fully saturated rings. The maximum Gasteiger partial charge on any atom is 0.166 e. The lowest BCUT2D eigenvalue weighted by atomic mass is 9.88. The minimum atomic E-state index is -0.353. The number of hydrogen-bond donors (Lipinski definition) is 0. The average Bonchev–Trinajstić information content (AvgIpc) is 2.75. The molecule has 2 aliphatic heterocycles. The molecule has 28 heavy (non-hydrogen) atoms. The second kappa shape index (κ2) is 7.99. The number of ketones is 1. The van der Waals surface area contributed by atoms with Crippen molar-refractivity contribution in [2.75, 3.05) is 26.3 Å². The second-order valence-corrected chi connectivity index (χ2v) is 7.19. The summed E-state index contributed by atoms with van der Waals surface area (Å²) in [6.45, 7) is 2.98. The van der Waals surface area contributed by atoms with Crippen molar-refractivity contribution >= 4 is 5.78 Å². The van der Waals surface area contributed by atoms with Gasteiger partial charge in [0.25, 0.3) is 0 Å². The first kappa shape index (κ1) is 18.5. The number of benzene rings is 2. The van der Waals surface area contributed by atoms with E-state index in [0.717, 1.165) is 25.9 Å². The Balaban J connectivity index is 1.36. The highest BCUT2D eigenvalue weighted by molar-refractivity contribution is 5.98. The Morgan fingerprint density at radius 1 is 1.11 bits per heavy atom. The number of likely N-dealkylation sites (tertiary alicyclic amines) is 1. The molecule has 2 aromatic carbocycles. The Hall–Kier alpha value is -2.91. The van der Waals surface area contributed by atoms with E-state index in [2.05, 4.69) is 4.90 Å². The summed E-state index contributed by atoms with van der Waals surface area (Å²) in [6.07, 6.45) is 1.48. The molecule has 2 aliphatic rings. The topological polar surface area (TPSA) is 62.6 Å². The molecule has 144 valence electrons. The van der Waals surface area contributed by atoms with Crippen LogP contribution in [0, 0.1) is 23.1 Å². The van der Waals surface area contributed by atoms with Crippen molar-refractivity contribution in [3.8, 4) is 17.6 Å². The van der Waals surface area contributed by atoms with Gasteiger partial charge >= 0.3 is 0 Å². The summed E-state index contributed by atoms with van der Waals surface area (Å²) in [4.78, 5) is 15.0. The molecule has 0 saturated carbocycles. The highest BCUT2D eigenvalue weighted by atomic mass is 19.1. The number of fused-ring (bicyclic) bond motifs is 1. The minimum absolute atomic E-state index is 0.0374. The van der Waals surface area contributed by atoms with E-state index in [1.165, 1.54) is 6.07 Å². The summed E-state index contributed by atoms with van der Waals surface area (Å²) in [5.74, 6) is 1.05. The van der Waals surface area contributed by atoms with Gasteiger partial charge in [0, 0.05) is 23.6 Å². The third-order valence-corrected chi connectivity index (χ3v) is 5.36. The van der Waals surface area contributed by atoms with Gasteiger partial charge in [-0.15, -0.1) is 0 Å². The summed E-state index contributed by atoms with van der Waals surface area (Å²) in [5, 5.41) is 8.84. The monoisotopic (exact) mass is 380 g/mol. The first-order valence-corrected chi connectivity index (χ1v) is 9.49. The van der Waals surface area contributed by atoms with Crippen molar-refractivity contribution < 1.29 is 18.7 Å². The molecule has 0 unspecified atom stereocenters. The van der Waals surface area contributed by atoms with Crippen LogP contribution in [0.2, 0.25) is 0 Å². The molecule has 0 radical (unpaired) electrons. The largest absolute Gasteiger partial charge is 0.486 e. The van der Waals surface area contributed by atoms with E-state index < -0.39 is 0 Å². The highest BCUT2D eigenvalue weighted by Gasteiger charge is 2.27. The van der Waals surface area contributed by atoms with E-state index in [4.69, 9.17) is 14.7 Å². The van der Waals surface area contributed by atoms with Crippen LogP contribution >= 0.6 is 0 Å². The number of Topliss-reactive ketones (excluding diaryl/α,β-unsaturated/α-hetero) is 1. The molecule has 0 amide bonds. The molecule has 0 aliphatic carbocycles. The van der Waals surface area contributed by atoms with Gasteiger partial charge in [-0.3, -0.25) is 9.69 Å². The van der Waals surface area contributed by atoms with E-state index in [-0.39, 0.29) is 17.5 Å². The van der Waals surface area contributed by atoms with E-state index >= 15 is 0 Å². The van der Waals surface area contributed by atoms with Crippen LogP contribution < -0.4 is 9.47 Å². The number of halogens is 1. The Morgan fingerprint density at radius 3 is 2.57 bits per heavy atom. The van der Waals surface area contributed by atoms with Crippen molar-refractivity contribution in [1.82, 2.24) is 4.90 Å². The molecule has 2 heterocycles. The fourth-order valence-corrected chi connectivity index (χ4v) is 3.77. The average molecular weight is 380 g/mol. The minimum Gasteiger partial charge on any atom is -0.486 e. The predicted octanol–water partition coefficient (Wildman–Crippen LogP) is 3.56. The van der Waals surface area contributed by atoms with Crippen molar-refractivity contribution in [2.45, 2.75) is 19.4 Å². The van der Waals surface area contributed by atoms with E-state index in [1.807, 2.05) is 6.07 Å². The van der Waals surface area contributed by atoms with Crippen molar-refractivity contribution in [3.63, 3.8) is 0 Å². The van der Waals surface area contributed by atoms with Gasteiger partial charge in [0.05, 0.1) is 11.6 Å². The summed E-state index contributed by atoms with van der Waals surface area (Å²) >= 11 is 0. The molecule has 2 aromatic rings. The van der Waals surface area contributed by atoms with Gasteiger partial charge in [0.15, 0.2) is 17.3 Å². The number of ether oxygens (including phenoxy) is 2. The quantitative estimate of drug-likeness (QED) is 0.759. The lowest BCUT2D eigenvalue weighted by Crippen LogP contribution is -2.36. The molecule has 6 heteroatoms. The third-order valence-electron chi connectivity index (χ3n) is 5.36.